The number of nitrogens with one attached hydrogen (secondary N) is 1. The summed E-state index contributed by atoms with van der Waals surface area (Å²) in [5.74, 6) is -0.484. The number of carbonyl (C=O) groups excluding carboxylic acids is 2. The summed E-state index contributed by atoms with van der Waals surface area (Å²) in [4.78, 5) is 31.0. The Morgan fingerprint density at radius 3 is 2.21 bits per heavy atom. The number of sulfonamides is 1. The fourth-order valence-corrected chi connectivity index (χ4v) is 7.09. The minimum absolute atomic E-state index is 0.0427. The number of amides is 2. The van der Waals surface area contributed by atoms with Crippen molar-refractivity contribution in [3.05, 3.63) is 120 Å². The molecule has 4 aromatic rings. The highest BCUT2D eigenvalue weighted by Gasteiger charge is 2.35. The van der Waals surface area contributed by atoms with E-state index in [4.69, 9.17) is 4.74 Å². The zero-order chi connectivity index (χ0) is 33.8. The van der Waals surface area contributed by atoms with Gasteiger partial charge >= 0.3 is 0 Å². The topological polar surface area (TPSA) is 96.0 Å². The second kappa shape index (κ2) is 17.0. The maximum absolute atomic E-state index is 14.7. The van der Waals surface area contributed by atoms with Gasteiger partial charge in [-0.1, -0.05) is 79.2 Å². The Morgan fingerprint density at radius 1 is 0.872 bits per heavy atom. The van der Waals surface area contributed by atoms with E-state index >= 15 is 0 Å². The highest BCUT2D eigenvalue weighted by molar-refractivity contribution is 7.98. The molecule has 8 nitrogen and oxygen atoms in total. The first-order valence-corrected chi connectivity index (χ1v) is 18.4. The first-order valence-electron chi connectivity index (χ1n) is 15.7. The van der Waals surface area contributed by atoms with Crippen LogP contribution < -0.4 is 14.4 Å². The van der Waals surface area contributed by atoms with Crippen molar-refractivity contribution < 1.29 is 22.7 Å². The minimum atomic E-state index is -4.25. The fraction of sp³-hybridized carbons (Fsp3) is 0.297. The maximum Gasteiger partial charge on any atom is 0.264 e. The van der Waals surface area contributed by atoms with Crippen LogP contribution in [0.3, 0.4) is 0 Å². The van der Waals surface area contributed by atoms with Crippen LogP contribution in [0, 0.1) is 6.92 Å². The molecule has 1 unspecified atom stereocenters. The average molecular weight is 674 g/mol. The zero-order valence-electron chi connectivity index (χ0n) is 27.4. The number of nitrogens with zero attached hydrogens (tertiary/aromatic N) is 2. The monoisotopic (exact) mass is 673 g/mol. The Bertz CT molecular complexity index is 1730. The van der Waals surface area contributed by atoms with Crippen LogP contribution in [-0.4, -0.2) is 57.1 Å². The Labute approximate surface area is 283 Å². The molecule has 0 bridgehead atoms. The van der Waals surface area contributed by atoms with E-state index < -0.39 is 28.5 Å². The number of ether oxygens (including phenoxy) is 1. The lowest BCUT2D eigenvalue weighted by molar-refractivity contribution is -0.140. The van der Waals surface area contributed by atoms with Crippen LogP contribution >= 0.6 is 11.8 Å². The SMILES string of the molecule is CCCNC(=O)C(Cc1ccccc1)N(Cc1cccc(C)c1)C(=O)CN(c1ccccc1OCC)S(=O)(=O)c1ccc(SC)cc1. The molecule has 10 heteroatoms. The molecule has 0 spiro atoms. The van der Waals surface area contributed by atoms with Crippen molar-refractivity contribution >= 4 is 39.3 Å². The van der Waals surface area contributed by atoms with E-state index in [-0.39, 0.29) is 29.5 Å². The summed E-state index contributed by atoms with van der Waals surface area (Å²) >= 11 is 1.50. The van der Waals surface area contributed by atoms with E-state index in [0.29, 0.717) is 18.9 Å². The largest absolute Gasteiger partial charge is 0.492 e. The van der Waals surface area contributed by atoms with Gasteiger partial charge in [0.1, 0.15) is 18.3 Å². The fourth-order valence-electron chi connectivity index (χ4n) is 5.26. The molecule has 1 N–H and O–H groups in total. The molecule has 248 valence electrons. The van der Waals surface area contributed by atoms with Gasteiger partial charge in [0.2, 0.25) is 11.8 Å². The Hall–Kier alpha value is -4.28. The molecular formula is C37H43N3O5S2. The highest BCUT2D eigenvalue weighted by atomic mass is 32.2. The summed E-state index contributed by atoms with van der Waals surface area (Å²) in [5.41, 5.74) is 2.96. The second-order valence-electron chi connectivity index (χ2n) is 11.1. The van der Waals surface area contributed by atoms with Gasteiger partial charge < -0.3 is 15.0 Å². The minimum Gasteiger partial charge on any atom is -0.492 e. The highest BCUT2D eigenvalue weighted by Crippen LogP contribution is 2.33. The Kier molecular flexibility index (Phi) is 12.9. The Morgan fingerprint density at radius 2 is 1.55 bits per heavy atom. The molecule has 0 fully saturated rings. The first-order chi connectivity index (χ1) is 22.7. The van der Waals surface area contributed by atoms with Gasteiger partial charge in [-0.25, -0.2) is 8.42 Å². The summed E-state index contributed by atoms with van der Waals surface area (Å²) in [6.45, 7) is 6.06. The summed E-state index contributed by atoms with van der Waals surface area (Å²) in [6.07, 6.45) is 2.90. The third-order valence-corrected chi connectivity index (χ3v) is 10.1. The molecule has 0 aliphatic carbocycles. The predicted molar refractivity (Wildman–Crippen MR) is 189 cm³/mol. The summed E-state index contributed by atoms with van der Waals surface area (Å²) in [6, 6.07) is 29.7. The molecule has 0 aromatic heterocycles. The van der Waals surface area contributed by atoms with Gasteiger partial charge in [-0.15, -0.1) is 11.8 Å². The van der Waals surface area contributed by atoms with Crippen LogP contribution in [0.4, 0.5) is 5.69 Å². The van der Waals surface area contributed by atoms with Crippen LogP contribution in [0.25, 0.3) is 0 Å². The quantitative estimate of drug-likeness (QED) is 0.137. The van der Waals surface area contributed by atoms with Crippen LogP contribution in [0.1, 0.15) is 37.0 Å². The molecule has 0 heterocycles. The molecule has 0 radical (unpaired) electrons. The van der Waals surface area contributed by atoms with Crippen molar-refractivity contribution in [3.63, 3.8) is 0 Å². The average Bonchev–Trinajstić information content (AvgIpc) is 3.08. The van der Waals surface area contributed by atoms with E-state index in [9.17, 15) is 18.0 Å². The standard InChI is InChI=1S/C37H43N3O5S2/c1-5-23-38-37(42)34(25-29-14-8-7-9-15-29)39(26-30-16-12-13-28(3)24-30)36(41)27-40(33-17-10-11-18-35(33)45-6-2)47(43,44)32-21-19-31(46-4)20-22-32/h7-22,24,34H,5-6,23,25-27H2,1-4H3,(H,38,42). The molecule has 2 amide bonds. The van der Waals surface area contributed by atoms with Crippen LogP contribution in [0.15, 0.2) is 113 Å². The third-order valence-electron chi connectivity index (χ3n) is 7.62. The van der Waals surface area contributed by atoms with Crippen molar-refractivity contribution in [2.75, 3.05) is 30.3 Å². The van der Waals surface area contributed by atoms with Gasteiger partial charge in [-0.05, 0) is 74.0 Å². The number of hydrogen-bond acceptors (Lipinski definition) is 6. The van der Waals surface area contributed by atoms with E-state index in [1.807, 2.05) is 81.6 Å². The van der Waals surface area contributed by atoms with Crippen molar-refractivity contribution in [1.29, 1.82) is 0 Å². The predicted octanol–water partition coefficient (Wildman–Crippen LogP) is 6.48. The van der Waals surface area contributed by atoms with E-state index in [0.717, 1.165) is 32.3 Å². The van der Waals surface area contributed by atoms with Crippen molar-refractivity contribution in [2.45, 2.75) is 56.0 Å². The second-order valence-corrected chi connectivity index (χ2v) is 13.8. The van der Waals surface area contributed by atoms with E-state index in [1.165, 1.54) is 16.7 Å². The van der Waals surface area contributed by atoms with Gasteiger partial charge in [-0.2, -0.15) is 0 Å². The van der Waals surface area contributed by atoms with Gasteiger partial charge in [0, 0.05) is 24.4 Å². The zero-order valence-corrected chi connectivity index (χ0v) is 29.0. The normalized spacial score (nSPS) is 11.8. The maximum atomic E-state index is 14.7. The first kappa shape index (κ1) is 35.6. The smallest absolute Gasteiger partial charge is 0.264 e. The summed E-state index contributed by atoms with van der Waals surface area (Å²) < 4.78 is 35.7. The molecule has 0 aliphatic rings. The molecule has 4 aromatic carbocycles. The molecule has 1 atom stereocenters. The summed E-state index contributed by atoms with van der Waals surface area (Å²) in [5, 5.41) is 2.98. The molecule has 4 rings (SSSR count). The number of rotatable bonds is 16. The van der Waals surface area contributed by atoms with Gasteiger partial charge in [0.05, 0.1) is 17.2 Å². The molecular weight excluding hydrogens is 631 g/mol. The number of carbonyl (C=O) groups is 2. The molecule has 0 saturated carbocycles. The number of thioether (sulfide) groups is 1. The number of anilines is 1. The number of hydrogen-bond donors (Lipinski definition) is 1. The lowest BCUT2D eigenvalue weighted by atomic mass is 10.0. The van der Waals surface area contributed by atoms with Gasteiger partial charge in [0.25, 0.3) is 10.0 Å². The van der Waals surface area contributed by atoms with Gasteiger partial charge in [0.15, 0.2) is 0 Å². The van der Waals surface area contributed by atoms with Gasteiger partial charge in [-0.3, -0.25) is 13.9 Å². The van der Waals surface area contributed by atoms with Crippen molar-refractivity contribution in [2.24, 2.45) is 0 Å². The summed E-state index contributed by atoms with van der Waals surface area (Å²) in [7, 11) is -4.25. The van der Waals surface area contributed by atoms with E-state index in [2.05, 4.69) is 5.32 Å². The van der Waals surface area contributed by atoms with Crippen LogP contribution in [0.5, 0.6) is 5.75 Å². The number of para-hydroxylation sites is 2. The van der Waals surface area contributed by atoms with Crippen molar-refractivity contribution in [1.82, 2.24) is 10.2 Å². The van der Waals surface area contributed by atoms with Crippen molar-refractivity contribution in [3.8, 4) is 5.75 Å². The lowest BCUT2D eigenvalue weighted by Gasteiger charge is -2.34. The lowest BCUT2D eigenvalue weighted by Crippen LogP contribution is -2.53. The van der Waals surface area contributed by atoms with E-state index in [1.54, 1.807) is 48.5 Å². The van der Waals surface area contributed by atoms with Crippen LogP contribution in [-0.2, 0) is 32.6 Å². The number of benzene rings is 4. The third kappa shape index (κ3) is 9.39. The molecule has 0 saturated heterocycles. The number of aryl methyl sites for hydroxylation is 1. The van der Waals surface area contributed by atoms with Crippen LogP contribution in [0.2, 0.25) is 0 Å². The molecule has 0 aliphatic heterocycles. The molecule has 47 heavy (non-hydrogen) atoms. The Balaban J connectivity index is 1.83.